The lowest BCUT2D eigenvalue weighted by atomic mass is 10.2. The molecule has 2 heterocycles. The molecule has 22 heavy (non-hydrogen) atoms. The van der Waals surface area contributed by atoms with Crippen LogP contribution in [0, 0.1) is 13.8 Å². The van der Waals surface area contributed by atoms with E-state index in [0.29, 0.717) is 10.2 Å². The van der Waals surface area contributed by atoms with E-state index in [4.69, 9.17) is 0 Å². The number of amides is 1. The van der Waals surface area contributed by atoms with Gasteiger partial charge in [0.15, 0.2) is 0 Å². The average Bonchev–Trinajstić information content (AvgIpc) is 2.71. The summed E-state index contributed by atoms with van der Waals surface area (Å²) in [6.07, 6.45) is -3.35. The molecule has 0 aliphatic carbocycles. The molecule has 0 aliphatic rings. The minimum absolute atomic E-state index is 0.0141. The van der Waals surface area contributed by atoms with Crippen LogP contribution in [-0.2, 0) is 11.3 Å². The minimum atomic E-state index is -4.45. The van der Waals surface area contributed by atoms with Gasteiger partial charge < -0.3 is 5.32 Å². The Morgan fingerprint density at radius 1 is 1.41 bits per heavy atom. The van der Waals surface area contributed by atoms with Crippen molar-refractivity contribution in [1.29, 1.82) is 0 Å². The predicted molar refractivity (Wildman–Crippen MR) is 77.0 cm³/mol. The lowest BCUT2D eigenvalue weighted by molar-refractivity contribution is -0.138. The van der Waals surface area contributed by atoms with E-state index in [1.54, 1.807) is 5.32 Å². The number of hydrogen-bond donors (Lipinski definition) is 1. The quantitative estimate of drug-likeness (QED) is 0.932. The Hall–Kier alpha value is -1.90. The number of aryl methyl sites for hydroxylation is 3. The zero-order valence-corrected chi connectivity index (χ0v) is 12.8. The fraction of sp³-hybridized carbons (Fsp3) is 0.462. The smallest absolute Gasteiger partial charge is 0.347 e. The number of nitrogens with one attached hydrogen (secondary N) is 1. The molecule has 5 nitrogen and oxygen atoms in total. The van der Waals surface area contributed by atoms with Gasteiger partial charge in [0.05, 0.1) is 11.7 Å². The van der Waals surface area contributed by atoms with Crippen molar-refractivity contribution in [1.82, 2.24) is 14.9 Å². The first-order chi connectivity index (χ1) is 10.2. The molecule has 1 N–H and O–H groups in total. The maximum atomic E-state index is 12.3. The highest BCUT2D eigenvalue weighted by Crippen LogP contribution is 2.25. The predicted octanol–water partition coefficient (Wildman–Crippen LogP) is 2.14. The van der Waals surface area contributed by atoms with E-state index < -0.39 is 18.6 Å². The standard InChI is InChI=1S/C13H14F3N3O2S/c1-7-8(2)22-11-10(7)12(21)19(6-18-11)4-3-9(20)17-5-13(14,15)16/h6H,3-5H2,1-2H3,(H,17,20). The number of nitrogens with zero attached hydrogens (tertiary/aromatic N) is 2. The van der Waals surface area contributed by atoms with Gasteiger partial charge in [-0.1, -0.05) is 0 Å². The van der Waals surface area contributed by atoms with E-state index in [1.807, 2.05) is 13.8 Å². The first-order valence-electron chi connectivity index (χ1n) is 6.47. The molecular weight excluding hydrogens is 319 g/mol. The van der Waals surface area contributed by atoms with E-state index >= 15 is 0 Å². The van der Waals surface area contributed by atoms with Crippen LogP contribution in [0.4, 0.5) is 13.2 Å². The zero-order chi connectivity index (χ0) is 16.5. The van der Waals surface area contributed by atoms with E-state index in [-0.39, 0.29) is 18.5 Å². The third-order valence-electron chi connectivity index (χ3n) is 3.22. The monoisotopic (exact) mass is 333 g/mol. The topological polar surface area (TPSA) is 64.0 Å². The van der Waals surface area contributed by atoms with Crippen LogP contribution in [0.3, 0.4) is 0 Å². The molecule has 2 aromatic rings. The van der Waals surface area contributed by atoms with Crippen LogP contribution < -0.4 is 10.9 Å². The maximum absolute atomic E-state index is 12.3. The van der Waals surface area contributed by atoms with Crippen molar-refractivity contribution in [2.24, 2.45) is 0 Å². The molecule has 0 aromatic carbocycles. The molecule has 0 saturated carbocycles. The molecule has 0 radical (unpaired) electrons. The van der Waals surface area contributed by atoms with Crippen LogP contribution in [0.5, 0.6) is 0 Å². The fourth-order valence-corrected chi connectivity index (χ4v) is 2.93. The largest absolute Gasteiger partial charge is 0.405 e. The summed E-state index contributed by atoms with van der Waals surface area (Å²) in [5.74, 6) is -0.762. The molecule has 0 fully saturated rings. The van der Waals surface area contributed by atoms with E-state index in [1.165, 1.54) is 22.2 Å². The van der Waals surface area contributed by atoms with Crippen LogP contribution in [0.25, 0.3) is 10.2 Å². The Bertz CT molecular complexity index is 764. The molecule has 0 spiro atoms. The molecule has 2 rings (SSSR count). The number of carbonyl (C=O) groups excluding carboxylic acids is 1. The number of fused-ring (bicyclic) bond motifs is 1. The van der Waals surface area contributed by atoms with Crippen LogP contribution in [0.2, 0.25) is 0 Å². The summed E-state index contributed by atoms with van der Waals surface area (Å²) >= 11 is 1.41. The third-order valence-corrected chi connectivity index (χ3v) is 4.34. The number of thiophene rings is 1. The lowest BCUT2D eigenvalue weighted by Gasteiger charge is -2.09. The molecule has 1 amide bonds. The summed E-state index contributed by atoms with van der Waals surface area (Å²) in [7, 11) is 0. The first-order valence-corrected chi connectivity index (χ1v) is 7.29. The first kappa shape index (κ1) is 16.5. The Morgan fingerprint density at radius 2 is 2.09 bits per heavy atom. The SMILES string of the molecule is Cc1sc2ncn(CCC(=O)NCC(F)(F)F)c(=O)c2c1C. The summed E-state index contributed by atoms with van der Waals surface area (Å²) in [5.41, 5.74) is 0.559. The average molecular weight is 333 g/mol. The number of halogens is 3. The summed E-state index contributed by atoms with van der Waals surface area (Å²) in [6.45, 7) is 2.31. The number of alkyl halides is 3. The van der Waals surface area contributed by atoms with E-state index in [0.717, 1.165) is 10.4 Å². The van der Waals surface area contributed by atoms with Gasteiger partial charge in [0.1, 0.15) is 11.4 Å². The number of carbonyl (C=O) groups is 1. The fourth-order valence-electron chi connectivity index (χ4n) is 1.94. The van der Waals surface area contributed by atoms with Crippen LogP contribution in [0.15, 0.2) is 11.1 Å². The van der Waals surface area contributed by atoms with Gasteiger partial charge in [-0.2, -0.15) is 13.2 Å². The van der Waals surface area contributed by atoms with Crippen molar-refractivity contribution in [3.63, 3.8) is 0 Å². The van der Waals surface area contributed by atoms with Crippen molar-refractivity contribution >= 4 is 27.5 Å². The summed E-state index contributed by atoms with van der Waals surface area (Å²) in [6, 6.07) is 0. The Kier molecular flexibility index (Phi) is 4.55. The molecular formula is C13H14F3N3O2S. The second kappa shape index (κ2) is 6.07. The van der Waals surface area contributed by atoms with Crippen molar-refractivity contribution < 1.29 is 18.0 Å². The van der Waals surface area contributed by atoms with Crippen LogP contribution >= 0.6 is 11.3 Å². The van der Waals surface area contributed by atoms with Gasteiger partial charge in [-0.15, -0.1) is 11.3 Å². The molecule has 0 saturated heterocycles. The number of hydrogen-bond acceptors (Lipinski definition) is 4. The molecule has 0 atom stereocenters. The second-order valence-corrected chi connectivity index (χ2v) is 6.05. The Labute approximate surface area is 127 Å². The van der Waals surface area contributed by atoms with Crippen molar-refractivity contribution in [2.45, 2.75) is 33.0 Å². The zero-order valence-electron chi connectivity index (χ0n) is 12.0. The molecule has 0 aliphatic heterocycles. The van der Waals surface area contributed by atoms with Gasteiger partial charge in [0.25, 0.3) is 5.56 Å². The van der Waals surface area contributed by atoms with Crippen molar-refractivity contribution in [3.05, 3.63) is 27.1 Å². The lowest BCUT2D eigenvalue weighted by Crippen LogP contribution is -2.34. The van der Waals surface area contributed by atoms with Gasteiger partial charge >= 0.3 is 6.18 Å². The summed E-state index contributed by atoms with van der Waals surface area (Å²) < 4.78 is 37.2. The van der Waals surface area contributed by atoms with Crippen LogP contribution in [-0.4, -0.2) is 28.2 Å². The molecule has 9 heteroatoms. The molecule has 120 valence electrons. The van der Waals surface area contributed by atoms with E-state index in [9.17, 15) is 22.8 Å². The Morgan fingerprint density at radius 3 is 2.73 bits per heavy atom. The van der Waals surface area contributed by atoms with Crippen molar-refractivity contribution in [3.8, 4) is 0 Å². The maximum Gasteiger partial charge on any atom is 0.405 e. The van der Waals surface area contributed by atoms with Crippen molar-refractivity contribution in [2.75, 3.05) is 6.54 Å². The highest BCUT2D eigenvalue weighted by atomic mass is 32.1. The van der Waals surface area contributed by atoms with Gasteiger partial charge in [-0.3, -0.25) is 14.2 Å². The molecule has 2 aromatic heterocycles. The van der Waals surface area contributed by atoms with Gasteiger partial charge in [-0.25, -0.2) is 4.98 Å². The minimum Gasteiger partial charge on any atom is -0.347 e. The molecule has 0 unspecified atom stereocenters. The highest BCUT2D eigenvalue weighted by molar-refractivity contribution is 7.18. The summed E-state index contributed by atoms with van der Waals surface area (Å²) in [5, 5.41) is 2.27. The van der Waals surface area contributed by atoms with Gasteiger partial charge in [-0.05, 0) is 19.4 Å². The van der Waals surface area contributed by atoms with Gasteiger partial charge in [0.2, 0.25) is 5.91 Å². The molecule has 0 bridgehead atoms. The second-order valence-electron chi connectivity index (χ2n) is 4.85. The highest BCUT2D eigenvalue weighted by Gasteiger charge is 2.27. The van der Waals surface area contributed by atoms with Gasteiger partial charge in [0, 0.05) is 17.8 Å². The van der Waals surface area contributed by atoms with E-state index in [2.05, 4.69) is 4.98 Å². The normalized spacial score (nSPS) is 11.9. The van der Waals surface area contributed by atoms with Crippen LogP contribution in [0.1, 0.15) is 16.9 Å². The Balaban J connectivity index is 2.09. The number of aromatic nitrogens is 2. The number of rotatable bonds is 4. The third kappa shape index (κ3) is 3.65. The summed E-state index contributed by atoms with van der Waals surface area (Å²) in [4.78, 5) is 29.4.